The van der Waals surface area contributed by atoms with Crippen molar-refractivity contribution < 1.29 is 9.26 Å². The van der Waals surface area contributed by atoms with Gasteiger partial charge in [-0.1, -0.05) is 34.4 Å². The van der Waals surface area contributed by atoms with E-state index in [1.807, 2.05) is 6.07 Å². The maximum Gasteiger partial charge on any atom is 0.439 e. The van der Waals surface area contributed by atoms with E-state index in [2.05, 4.69) is 20.0 Å². The zero-order chi connectivity index (χ0) is 20.4. The lowest BCUT2D eigenvalue weighted by molar-refractivity contribution is 0.0251. The number of rotatable bonds is 4. The third-order valence-electron chi connectivity index (χ3n) is 4.83. The molecule has 1 aliphatic rings. The lowest BCUT2D eigenvalue weighted by Gasteiger charge is -2.26. The highest BCUT2D eigenvalue weighted by Gasteiger charge is 2.27. The average Bonchev–Trinajstić information content (AvgIpc) is 3.00. The first-order valence-electron chi connectivity index (χ1n) is 9.06. The Bertz CT molecular complexity index is 1120. The van der Waals surface area contributed by atoms with Crippen LogP contribution in [0.25, 0.3) is 11.4 Å². The SMILES string of the molecule is O=c1[nH]c(-c2cccn(C[C@@H]3CNCCO[C@H]3c3ccc(Cl)c(Cl)c3)c2=O)no1. The van der Waals surface area contributed by atoms with Crippen molar-refractivity contribution in [1.29, 1.82) is 0 Å². The van der Waals surface area contributed by atoms with Crippen LogP contribution in [-0.4, -0.2) is 34.4 Å². The fourth-order valence-electron chi connectivity index (χ4n) is 3.47. The molecule has 2 aromatic heterocycles. The van der Waals surface area contributed by atoms with Gasteiger partial charge in [0.25, 0.3) is 5.56 Å². The topological polar surface area (TPSA) is 102 Å². The molecule has 8 nitrogen and oxygen atoms in total. The van der Waals surface area contributed by atoms with Crippen LogP contribution in [0.3, 0.4) is 0 Å². The van der Waals surface area contributed by atoms with Gasteiger partial charge in [0.05, 0.1) is 28.3 Å². The van der Waals surface area contributed by atoms with Crippen molar-refractivity contribution in [2.24, 2.45) is 5.92 Å². The fourth-order valence-corrected chi connectivity index (χ4v) is 3.77. The van der Waals surface area contributed by atoms with E-state index in [1.165, 1.54) is 0 Å². The van der Waals surface area contributed by atoms with Gasteiger partial charge in [0.1, 0.15) is 0 Å². The number of aromatic amines is 1. The van der Waals surface area contributed by atoms with Crippen molar-refractivity contribution in [2.45, 2.75) is 12.6 Å². The zero-order valence-electron chi connectivity index (χ0n) is 15.2. The lowest BCUT2D eigenvalue weighted by atomic mass is 9.95. The van der Waals surface area contributed by atoms with Crippen molar-refractivity contribution in [3.63, 3.8) is 0 Å². The largest absolute Gasteiger partial charge is 0.439 e. The summed E-state index contributed by atoms with van der Waals surface area (Å²) < 4.78 is 12.2. The Balaban J connectivity index is 1.66. The van der Waals surface area contributed by atoms with E-state index in [0.29, 0.717) is 36.3 Å². The van der Waals surface area contributed by atoms with Crippen molar-refractivity contribution in [3.05, 3.63) is 73.0 Å². The van der Waals surface area contributed by atoms with E-state index in [1.54, 1.807) is 35.0 Å². The van der Waals surface area contributed by atoms with Gasteiger partial charge in [-0.3, -0.25) is 14.3 Å². The number of nitrogens with zero attached hydrogens (tertiary/aromatic N) is 2. The van der Waals surface area contributed by atoms with Crippen LogP contribution in [0, 0.1) is 5.92 Å². The van der Waals surface area contributed by atoms with Gasteiger partial charge in [0.2, 0.25) is 0 Å². The summed E-state index contributed by atoms with van der Waals surface area (Å²) in [6.45, 7) is 2.30. The standard InChI is InChI=1S/C19H18Cl2N4O4/c20-14-4-3-11(8-15(14)21)16-12(9-22-5-7-28-16)10-25-6-1-2-13(18(25)26)17-23-19(27)29-24-17/h1-4,6,8,12,16,22H,5,7,9-10H2,(H,23,24,27)/t12-,16-/m0/s1. The van der Waals surface area contributed by atoms with E-state index in [9.17, 15) is 9.59 Å². The molecule has 2 N–H and O–H groups in total. The first kappa shape index (κ1) is 19.9. The highest BCUT2D eigenvalue weighted by molar-refractivity contribution is 6.42. The molecule has 0 saturated carbocycles. The summed E-state index contributed by atoms with van der Waals surface area (Å²) in [7, 11) is 0. The molecular weight excluding hydrogens is 419 g/mol. The van der Waals surface area contributed by atoms with Gasteiger partial charge in [0.15, 0.2) is 5.82 Å². The summed E-state index contributed by atoms with van der Waals surface area (Å²) in [6.07, 6.45) is 1.43. The van der Waals surface area contributed by atoms with Gasteiger partial charge in [-0.25, -0.2) is 4.79 Å². The number of ether oxygens (including phenoxy) is 1. The number of benzene rings is 1. The van der Waals surface area contributed by atoms with Gasteiger partial charge in [0, 0.05) is 31.7 Å². The summed E-state index contributed by atoms with van der Waals surface area (Å²) in [5.41, 5.74) is 0.874. The molecule has 1 aliphatic heterocycles. The Morgan fingerprint density at radius 3 is 2.83 bits per heavy atom. The number of nitrogens with one attached hydrogen (secondary N) is 2. The number of H-pyrrole nitrogens is 1. The van der Waals surface area contributed by atoms with E-state index in [-0.39, 0.29) is 29.0 Å². The second-order valence-electron chi connectivity index (χ2n) is 6.75. The van der Waals surface area contributed by atoms with E-state index < -0.39 is 5.76 Å². The van der Waals surface area contributed by atoms with Gasteiger partial charge in [-0.15, -0.1) is 0 Å². The molecule has 29 heavy (non-hydrogen) atoms. The first-order valence-corrected chi connectivity index (χ1v) is 9.81. The minimum atomic E-state index is -0.712. The quantitative estimate of drug-likeness (QED) is 0.651. The maximum atomic E-state index is 12.9. The molecule has 0 bridgehead atoms. The van der Waals surface area contributed by atoms with Crippen LogP contribution in [0.1, 0.15) is 11.7 Å². The van der Waals surface area contributed by atoms with Gasteiger partial charge in [-0.05, 0) is 29.8 Å². The molecule has 0 aliphatic carbocycles. The van der Waals surface area contributed by atoms with E-state index in [0.717, 1.165) is 5.56 Å². The third kappa shape index (κ3) is 4.30. The van der Waals surface area contributed by atoms with Crippen molar-refractivity contribution in [3.8, 4) is 11.4 Å². The van der Waals surface area contributed by atoms with Crippen LogP contribution in [0.2, 0.25) is 10.0 Å². The van der Waals surface area contributed by atoms with Gasteiger partial charge < -0.3 is 14.6 Å². The Morgan fingerprint density at radius 2 is 2.07 bits per heavy atom. The second kappa shape index (κ2) is 8.54. The molecule has 0 unspecified atom stereocenters. The number of aromatic nitrogens is 3. The molecule has 1 aromatic carbocycles. The molecular formula is C19H18Cl2N4O4. The minimum Gasteiger partial charge on any atom is -0.372 e. The van der Waals surface area contributed by atoms with Gasteiger partial charge in [-0.2, -0.15) is 0 Å². The summed E-state index contributed by atoms with van der Waals surface area (Å²) in [4.78, 5) is 26.6. The average molecular weight is 437 g/mol. The van der Waals surface area contributed by atoms with Crippen LogP contribution >= 0.6 is 23.2 Å². The Hall–Kier alpha value is -2.39. The Labute approximate surface area is 175 Å². The number of halogens is 2. The van der Waals surface area contributed by atoms with Crippen LogP contribution in [0.4, 0.5) is 0 Å². The third-order valence-corrected chi connectivity index (χ3v) is 5.57. The maximum absolute atomic E-state index is 12.9. The van der Waals surface area contributed by atoms with Crippen LogP contribution < -0.4 is 16.6 Å². The highest BCUT2D eigenvalue weighted by Crippen LogP contribution is 2.32. The summed E-state index contributed by atoms with van der Waals surface area (Å²) >= 11 is 12.2. The molecule has 0 spiro atoms. The summed E-state index contributed by atoms with van der Waals surface area (Å²) in [6, 6.07) is 8.74. The molecule has 4 rings (SSSR count). The van der Waals surface area contributed by atoms with E-state index >= 15 is 0 Å². The molecule has 3 heterocycles. The lowest BCUT2D eigenvalue weighted by Crippen LogP contribution is -2.32. The molecule has 10 heteroatoms. The number of pyridine rings is 1. The summed E-state index contributed by atoms with van der Waals surface area (Å²) in [5, 5.41) is 7.88. The Morgan fingerprint density at radius 1 is 1.21 bits per heavy atom. The molecule has 2 atom stereocenters. The zero-order valence-corrected chi connectivity index (χ0v) is 16.7. The predicted molar refractivity (Wildman–Crippen MR) is 108 cm³/mol. The predicted octanol–water partition coefficient (Wildman–Crippen LogP) is 2.48. The highest BCUT2D eigenvalue weighted by atomic mass is 35.5. The van der Waals surface area contributed by atoms with Crippen LogP contribution in [-0.2, 0) is 11.3 Å². The molecule has 152 valence electrons. The molecule has 0 radical (unpaired) electrons. The first-order chi connectivity index (χ1) is 14.0. The molecule has 0 amide bonds. The molecule has 3 aromatic rings. The van der Waals surface area contributed by atoms with Crippen molar-refractivity contribution in [2.75, 3.05) is 19.7 Å². The fraction of sp³-hybridized carbons (Fsp3) is 0.316. The smallest absolute Gasteiger partial charge is 0.372 e. The van der Waals surface area contributed by atoms with Crippen LogP contribution in [0.15, 0.2) is 50.6 Å². The van der Waals surface area contributed by atoms with Crippen LogP contribution in [0.5, 0.6) is 0 Å². The normalized spacial score (nSPS) is 19.8. The summed E-state index contributed by atoms with van der Waals surface area (Å²) in [5.74, 6) is -0.652. The molecule has 1 fully saturated rings. The number of hydrogen-bond donors (Lipinski definition) is 2. The second-order valence-corrected chi connectivity index (χ2v) is 7.57. The van der Waals surface area contributed by atoms with Crippen molar-refractivity contribution >= 4 is 23.2 Å². The number of hydrogen-bond acceptors (Lipinski definition) is 6. The molecule has 1 saturated heterocycles. The Kier molecular flexibility index (Phi) is 5.86. The minimum absolute atomic E-state index is 0.0425. The van der Waals surface area contributed by atoms with Crippen molar-refractivity contribution in [1.82, 2.24) is 20.0 Å². The van der Waals surface area contributed by atoms with E-state index in [4.69, 9.17) is 27.9 Å². The van der Waals surface area contributed by atoms with Gasteiger partial charge >= 0.3 is 5.76 Å². The monoisotopic (exact) mass is 436 g/mol.